The van der Waals surface area contributed by atoms with Crippen LogP contribution in [0, 0.1) is 0 Å². The quantitative estimate of drug-likeness (QED) is 0.442. The maximum absolute atomic E-state index is 13.7. The number of carbonyl (C=O) groups excluding carboxylic acids is 2. The molecule has 0 bridgehead atoms. The van der Waals surface area contributed by atoms with Crippen LogP contribution < -0.4 is 4.74 Å². The van der Waals surface area contributed by atoms with Crippen molar-refractivity contribution in [3.05, 3.63) is 93.7 Å². The van der Waals surface area contributed by atoms with E-state index in [1.165, 1.54) is 0 Å². The molecule has 1 atom stereocenters. The SMILES string of the molecule is CN1CCCCN(C(=O)c2cccnc2Cl)[C@@H](Cc2ccccc2)COc2ccc(Cl)cc2C1=O. The molecule has 0 N–H and O–H groups in total. The molecule has 0 saturated carbocycles. The van der Waals surface area contributed by atoms with Crippen molar-refractivity contribution < 1.29 is 14.3 Å². The summed E-state index contributed by atoms with van der Waals surface area (Å²) in [5.41, 5.74) is 1.85. The second-order valence-electron chi connectivity index (χ2n) is 8.57. The van der Waals surface area contributed by atoms with Gasteiger partial charge in [0.15, 0.2) is 0 Å². The number of aromatic nitrogens is 1. The molecule has 2 amide bonds. The molecule has 4 rings (SSSR count). The van der Waals surface area contributed by atoms with Crippen LogP contribution in [0.4, 0.5) is 0 Å². The van der Waals surface area contributed by atoms with Gasteiger partial charge in [0.1, 0.15) is 17.5 Å². The molecule has 35 heavy (non-hydrogen) atoms. The number of rotatable bonds is 3. The molecule has 0 radical (unpaired) electrons. The Hall–Kier alpha value is -3.09. The lowest BCUT2D eigenvalue weighted by Gasteiger charge is -2.33. The van der Waals surface area contributed by atoms with Crippen LogP contribution in [0.15, 0.2) is 66.9 Å². The van der Waals surface area contributed by atoms with Crippen molar-refractivity contribution in [2.75, 3.05) is 26.7 Å². The summed E-state index contributed by atoms with van der Waals surface area (Å²) < 4.78 is 6.22. The first-order valence-corrected chi connectivity index (χ1v) is 12.3. The van der Waals surface area contributed by atoms with Crippen molar-refractivity contribution in [1.82, 2.24) is 14.8 Å². The average molecular weight is 512 g/mol. The van der Waals surface area contributed by atoms with E-state index in [4.69, 9.17) is 27.9 Å². The van der Waals surface area contributed by atoms with Crippen molar-refractivity contribution in [3.8, 4) is 5.75 Å². The second-order valence-corrected chi connectivity index (χ2v) is 9.36. The van der Waals surface area contributed by atoms with E-state index in [0.717, 1.165) is 18.4 Å². The highest BCUT2D eigenvalue weighted by molar-refractivity contribution is 6.32. The fourth-order valence-electron chi connectivity index (χ4n) is 4.21. The first-order chi connectivity index (χ1) is 16.9. The number of amides is 2. The van der Waals surface area contributed by atoms with E-state index in [1.807, 2.05) is 35.2 Å². The van der Waals surface area contributed by atoms with E-state index in [1.54, 1.807) is 48.5 Å². The zero-order chi connectivity index (χ0) is 24.8. The Bertz CT molecular complexity index is 1190. The van der Waals surface area contributed by atoms with Crippen LogP contribution in [0.25, 0.3) is 0 Å². The van der Waals surface area contributed by atoms with Crippen LogP contribution >= 0.6 is 23.2 Å². The number of fused-ring (bicyclic) bond motifs is 1. The van der Waals surface area contributed by atoms with E-state index in [0.29, 0.717) is 41.4 Å². The third-order valence-electron chi connectivity index (χ3n) is 6.10. The number of pyridine rings is 1. The van der Waals surface area contributed by atoms with Gasteiger partial charge in [0.05, 0.1) is 17.2 Å². The second kappa shape index (κ2) is 11.6. The molecule has 2 heterocycles. The van der Waals surface area contributed by atoms with Gasteiger partial charge >= 0.3 is 0 Å². The summed E-state index contributed by atoms with van der Waals surface area (Å²) in [5, 5.41) is 0.637. The predicted octanol–water partition coefficient (Wildman–Crippen LogP) is 5.39. The molecule has 0 saturated heterocycles. The average Bonchev–Trinajstić information content (AvgIpc) is 2.86. The maximum Gasteiger partial charge on any atom is 0.257 e. The van der Waals surface area contributed by atoms with E-state index >= 15 is 0 Å². The molecule has 0 spiro atoms. The first kappa shape index (κ1) is 25.0. The van der Waals surface area contributed by atoms with Gasteiger partial charge in [-0.05, 0) is 55.2 Å². The summed E-state index contributed by atoms with van der Waals surface area (Å²) >= 11 is 12.5. The molecular formula is C27H27Cl2N3O3. The van der Waals surface area contributed by atoms with Crippen molar-refractivity contribution in [3.63, 3.8) is 0 Å². The van der Waals surface area contributed by atoms with Crippen molar-refractivity contribution >= 4 is 35.0 Å². The van der Waals surface area contributed by atoms with Crippen molar-refractivity contribution in [1.29, 1.82) is 0 Å². The lowest BCUT2D eigenvalue weighted by atomic mass is 10.0. The number of nitrogens with zero attached hydrogens (tertiary/aromatic N) is 3. The summed E-state index contributed by atoms with van der Waals surface area (Å²) in [7, 11) is 1.76. The zero-order valence-corrected chi connectivity index (χ0v) is 21.0. The third-order valence-corrected chi connectivity index (χ3v) is 6.63. The van der Waals surface area contributed by atoms with Crippen LogP contribution in [0.1, 0.15) is 39.1 Å². The summed E-state index contributed by atoms with van der Waals surface area (Å²) in [6.45, 7) is 1.24. The zero-order valence-electron chi connectivity index (χ0n) is 19.5. The maximum atomic E-state index is 13.7. The predicted molar refractivity (Wildman–Crippen MR) is 137 cm³/mol. The van der Waals surface area contributed by atoms with Gasteiger partial charge in [0.2, 0.25) is 0 Å². The van der Waals surface area contributed by atoms with E-state index in [2.05, 4.69) is 4.98 Å². The van der Waals surface area contributed by atoms with Crippen LogP contribution in [0.2, 0.25) is 10.2 Å². The number of hydrogen-bond donors (Lipinski definition) is 0. The molecule has 6 nitrogen and oxygen atoms in total. The molecule has 0 fully saturated rings. The summed E-state index contributed by atoms with van der Waals surface area (Å²) in [6, 6.07) is 18.1. The molecule has 8 heteroatoms. The van der Waals surface area contributed by atoms with Crippen LogP contribution in [0.5, 0.6) is 5.75 Å². The van der Waals surface area contributed by atoms with Crippen molar-refractivity contribution in [2.24, 2.45) is 0 Å². The lowest BCUT2D eigenvalue weighted by Crippen LogP contribution is -2.46. The monoisotopic (exact) mass is 511 g/mol. The van der Waals surface area contributed by atoms with Crippen LogP contribution in [0.3, 0.4) is 0 Å². The highest BCUT2D eigenvalue weighted by Crippen LogP contribution is 2.26. The standard InChI is InChI=1S/C27H27Cl2N3O3/c1-31-14-5-6-15-32(27(34)22-10-7-13-30-25(22)29)21(16-19-8-3-2-4-9-19)18-35-24-12-11-20(28)17-23(24)26(31)33/h2-4,7-13,17,21H,5-6,14-16,18H2,1H3/t21-/m0/s1. The Morgan fingerprint density at radius 2 is 1.83 bits per heavy atom. The molecule has 0 aliphatic carbocycles. The van der Waals surface area contributed by atoms with Gasteiger partial charge in [0.25, 0.3) is 11.8 Å². The molecule has 1 aliphatic heterocycles. The van der Waals surface area contributed by atoms with Crippen LogP contribution in [-0.4, -0.2) is 59.4 Å². The van der Waals surface area contributed by atoms with Gasteiger partial charge in [-0.1, -0.05) is 53.5 Å². The Kier molecular flexibility index (Phi) is 8.26. The molecule has 1 aromatic heterocycles. The Labute approximate surface area is 215 Å². The lowest BCUT2D eigenvalue weighted by molar-refractivity contribution is 0.0590. The molecule has 2 aromatic carbocycles. The number of carbonyl (C=O) groups is 2. The van der Waals surface area contributed by atoms with E-state index in [-0.39, 0.29) is 29.6 Å². The molecular weight excluding hydrogens is 485 g/mol. The molecule has 3 aromatic rings. The first-order valence-electron chi connectivity index (χ1n) is 11.6. The van der Waals surface area contributed by atoms with Gasteiger partial charge in [0, 0.05) is 31.4 Å². The number of ether oxygens (including phenoxy) is 1. The third kappa shape index (κ3) is 6.13. The van der Waals surface area contributed by atoms with E-state index in [9.17, 15) is 9.59 Å². The minimum Gasteiger partial charge on any atom is -0.491 e. The highest BCUT2D eigenvalue weighted by Gasteiger charge is 2.29. The fourth-order valence-corrected chi connectivity index (χ4v) is 4.59. The number of benzene rings is 2. The van der Waals surface area contributed by atoms with Crippen molar-refractivity contribution in [2.45, 2.75) is 25.3 Å². The Morgan fingerprint density at radius 1 is 1.06 bits per heavy atom. The summed E-state index contributed by atoms with van der Waals surface area (Å²) in [6.07, 6.45) is 3.60. The smallest absolute Gasteiger partial charge is 0.257 e. The van der Waals surface area contributed by atoms with Gasteiger partial charge < -0.3 is 14.5 Å². The van der Waals surface area contributed by atoms with Gasteiger partial charge in [-0.25, -0.2) is 4.98 Å². The van der Waals surface area contributed by atoms with Gasteiger partial charge in [-0.3, -0.25) is 9.59 Å². The topological polar surface area (TPSA) is 62.7 Å². The van der Waals surface area contributed by atoms with Gasteiger partial charge in [-0.2, -0.15) is 0 Å². The Morgan fingerprint density at radius 3 is 2.60 bits per heavy atom. The Balaban J connectivity index is 1.72. The number of hydrogen-bond acceptors (Lipinski definition) is 4. The summed E-state index contributed by atoms with van der Waals surface area (Å²) in [5.74, 6) is 0.111. The molecule has 0 unspecified atom stereocenters. The largest absolute Gasteiger partial charge is 0.491 e. The number of halogens is 2. The molecule has 1 aliphatic rings. The van der Waals surface area contributed by atoms with E-state index < -0.39 is 0 Å². The fraction of sp³-hybridized carbons (Fsp3) is 0.296. The van der Waals surface area contributed by atoms with Gasteiger partial charge in [-0.15, -0.1) is 0 Å². The molecule has 182 valence electrons. The highest BCUT2D eigenvalue weighted by atomic mass is 35.5. The minimum atomic E-state index is -0.294. The minimum absolute atomic E-state index is 0.141. The summed E-state index contributed by atoms with van der Waals surface area (Å²) in [4.78, 5) is 34.4. The van der Waals surface area contributed by atoms with Crippen LogP contribution in [-0.2, 0) is 6.42 Å². The normalized spacial score (nSPS) is 17.1.